The first-order valence-electron chi connectivity index (χ1n) is 11.4. The average Bonchev–Trinajstić information content (AvgIpc) is 3.30. The zero-order valence-electron chi connectivity index (χ0n) is 18.8. The highest BCUT2D eigenvalue weighted by atomic mass is 79.9. The van der Waals surface area contributed by atoms with Crippen LogP contribution in [0.1, 0.15) is 55.1 Å². The molecule has 2 atom stereocenters. The van der Waals surface area contributed by atoms with Gasteiger partial charge in [0.15, 0.2) is 0 Å². The van der Waals surface area contributed by atoms with Crippen molar-refractivity contribution in [1.82, 2.24) is 5.01 Å². The summed E-state index contributed by atoms with van der Waals surface area (Å²) in [5.41, 5.74) is 4.34. The number of unbranched alkanes of at least 4 members (excludes halogenated alkanes) is 1. The van der Waals surface area contributed by atoms with E-state index in [9.17, 15) is 0 Å². The molecule has 3 aromatic carbocycles. The summed E-state index contributed by atoms with van der Waals surface area (Å²) in [6, 6.07) is 22.6. The minimum Gasteiger partial charge on any atom is -0.497 e. The molecule has 2 aliphatic rings. The Morgan fingerprint density at radius 1 is 1.03 bits per heavy atom. The highest BCUT2D eigenvalue weighted by Crippen LogP contribution is 2.48. The van der Waals surface area contributed by atoms with Gasteiger partial charge >= 0.3 is 0 Å². The molecule has 2 aliphatic heterocycles. The van der Waals surface area contributed by atoms with Gasteiger partial charge < -0.3 is 14.2 Å². The molecule has 0 aliphatic carbocycles. The number of hydrogen-bond acceptors (Lipinski definition) is 5. The molecule has 5 nitrogen and oxygen atoms in total. The molecular formula is C27H27BrN2O3. The molecule has 0 aromatic heterocycles. The van der Waals surface area contributed by atoms with Gasteiger partial charge in [0.2, 0.25) is 6.23 Å². The summed E-state index contributed by atoms with van der Waals surface area (Å²) in [6.45, 7) is 2.90. The lowest BCUT2D eigenvalue weighted by atomic mass is 9.96. The molecule has 2 heterocycles. The van der Waals surface area contributed by atoms with Crippen LogP contribution in [0.5, 0.6) is 17.2 Å². The van der Waals surface area contributed by atoms with E-state index < -0.39 is 0 Å². The van der Waals surface area contributed by atoms with E-state index in [0.717, 1.165) is 70.0 Å². The van der Waals surface area contributed by atoms with Crippen LogP contribution in [0.15, 0.2) is 76.3 Å². The van der Waals surface area contributed by atoms with Crippen LogP contribution in [0, 0.1) is 0 Å². The number of hydrazone groups is 1. The van der Waals surface area contributed by atoms with E-state index in [1.54, 1.807) is 7.11 Å². The topological polar surface area (TPSA) is 43.3 Å². The quantitative estimate of drug-likeness (QED) is 0.327. The van der Waals surface area contributed by atoms with Gasteiger partial charge in [0.25, 0.3) is 0 Å². The average molecular weight is 507 g/mol. The zero-order chi connectivity index (χ0) is 22.8. The number of halogens is 1. The van der Waals surface area contributed by atoms with Crippen LogP contribution < -0.4 is 14.2 Å². The van der Waals surface area contributed by atoms with E-state index in [-0.39, 0.29) is 12.3 Å². The van der Waals surface area contributed by atoms with Gasteiger partial charge in [0.05, 0.1) is 25.5 Å². The molecule has 5 rings (SSSR count). The fourth-order valence-corrected chi connectivity index (χ4v) is 4.68. The second-order valence-corrected chi connectivity index (χ2v) is 9.21. The van der Waals surface area contributed by atoms with E-state index in [0.29, 0.717) is 0 Å². The minimum atomic E-state index is -0.302. The van der Waals surface area contributed by atoms with Gasteiger partial charge in [-0.3, -0.25) is 0 Å². The van der Waals surface area contributed by atoms with Gasteiger partial charge in [-0.05, 0) is 78.7 Å². The Hall–Kier alpha value is -2.99. The first kappa shape index (κ1) is 21.8. The number of ether oxygens (including phenoxy) is 3. The number of rotatable bonds is 7. The molecule has 0 fully saturated rings. The van der Waals surface area contributed by atoms with Gasteiger partial charge in [0, 0.05) is 22.0 Å². The van der Waals surface area contributed by atoms with Crippen LogP contribution in [0.3, 0.4) is 0 Å². The Labute approximate surface area is 203 Å². The summed E-state index contributed by atoms with van der Waals surface area (Å²) in [4.78, 5) is 0. The lowest BCUT2D eigenvalue weighted by molar-refractivity contribution is -0.0191. The van der Waals surface area contributed by atoms with Crippen molar-refractivity contribution in [3.63, 3.8) is 0 Å². The maximum Gasteiger partial charge on any atom is 0.213 e. The lowest BCUT2D eigenvalue weighted by Crippen LogP contribution is -2.33. The van der Waals surface area contributed by atoms with Crippen molar-refractivity contribution in [1.29, 1.82) is 0 Å². The zero-order valence-corrected chi connectivity index (χ0v) is 20.4. The van der Waals surface area contributed by atoms with Gasteiger partial charge in [-0.15, -0.1) is 0 Å². The number of nitrogens with zero attached hydrogens (tertiary/aromatic N) is 2. The van der Waals surface area contributed by atoms with E-state index in [2.05, 4.69) is 58.2 Å². The molecule has 170 valence electrons. The molecule has 3 aromatic rings. The largest absolute Gasteiger partial charge is 0.497 e. The smallest absolute Gasteiger partial charge is 0.213 e. The van der Waals surface area contributed by atoms with Crippen LogP contribution in [-0.4, -0.2) is 24.4 Å². The normalized spacial score (nSPS) is 18.8. The summed E-state index contributed by atoms with van der Waals surface area (Å²) in [5.74, 6) is 2.62. The van der Waals surface area contributed by atoms with Gasteiger partial charge in [-0.1, -0.05) is 29.3 Å². The third-order valence-corrected chi connectivity index (χ3v) is 6.60. The van der Waals surface area contributed by atoms with E-state index in [4.69, 9.17) is 19.3 Å². The molecule has 0 amide bonds. The van der Waals surface area contributed by atoms with Gasteiger partial charge in [0.1, 0.15) is 17.2 Å². The number of benzene rings is 3. The summed E-state index contributed by atoms with van der Waals surface area (Å²) >= 11 is 3.62. The van der Waals surface area contributed by atoms with Crippen molar-refractivity contribution in [2.24, 2.45) is 5.10 Å². The molecule has 0 saturated heterocycles. The van der Waals surface area contributed by atoms with Gasteiger partial charge in [-0.25, -0.2) is 5.01 Å². The standard InChI is InChI=1S/C27H27BrN2O3/c1-3-4-15-32-22-12-7-19(8-13-22)27-30-25(23-16-20(28)9-14-26(23)33-27)17-24(29-30)18-5-10-21(31-2)11-6-18/h5-14,16,25,27H,3-4,15,17H2,1-2H3/t25-,27+/m0/s1. The number of hydrogen-bond donors (Lipinski definition) is 0. The van der Waals surface area contributed by atoms with Gasteiger partial charge in [-0.2, -0.15) is 5.10 Å². The molecule has 0 N–H and O–H groups in total. The first-order valence-corrected chi connectivity index (χ1v) is 12.1. The van der Waals surface area contributed by atoms with Crippen LogP contribution in [0.25, 0.3) is 0 Å². The second kappa shape index (κ2) is 9.48. The molecular weight excluding hydrogens is 480 g/mol. The summed E-state index contributed by atoms with van der Waals surface area (Å²) in [6.07, 6.45) is 2.68. The molecule has 6 heteroatoms. The molecule has 0 saturated carbocycles. The first-order chi connectivity index (χ1) is 16.2. The highest BCUT2D eigenvalue weighted by molar-refractivity contribution is 9.10. The minimum absolute atomic E-state index is 0.105. The SMILES string of the molecule is CCCCOc1ccc([C@H]2Oc3ccc(Br)cc3[C@@H]3CC(c4ccc(OC)cc4)=NN23)cc1. The van der Waals surface area contributed by atoms with Crippen LogP contribution in [0.2, 0.25) is 0 Å². The number of methoxy groups -OCH3 is 1. The predicted octanol–water partition coefficient (Wildman–Crippen LogP) is 6.88. The molecule has 33 heavy (non-hydrogen) atoms. The Balaban J connectivity index is 1.47. The van der Waals surface area contributed by atoms with Crippen molar-refractivity contribution in [2.75, 3.05) is 13.7 Å². The summed E-state index contributed by atoms with van der Waals surface area (Å²) in [7, 11) is 1.68. The second-order valence-electron chi connectivity index (χ2n) is 8.30. The predicted molar refractivity (Wildman–Crippen MR) is 133 cm³/mol. The maximum atomic E-state index is 6.48. The van der Waals surface area contributed by atoms with Crippen molar-refractivity contribution in [3.05, 3.63) is 87.9 Å². The van der Waals surface area contributed by atoms with Crippen molar-refractivity contribution in [2.45, 2.75) is 38.5 Å². The van der Waals surface area contributed by atoms with E-state index in [1.165, 1.54) is 0 Å². The Kier molecular flexibility index (Phi) is 6.27. The van der Waals surface area contributed by atoms with Crippen LogP contribution in [-0.2, 0) is 0 Å². The Bertz CT molecular complexity index is 1150. The van der Waals surface area contributed by atoms with E-state index >= 15 is 0 Å². The maximum absolute atomic E-state index is 6.48. The van der Waals surface area contributed by atoms with Crippen molar-refractivity contribution in [3.8, 4) is 17.2 Å². The molecule has 0 radical (unpaired) electrons. The highest BCUT2D eigenvalue weighted by Gasteiger charge is 2.41. The molecule has 0 spiro atoms. The summed E-state index contributed by atoms with van der Waals surface area (Å²) in [5, 5.41) is 7.14. The van der Waals surface area contributed by atoms with Crippen molar-refractivity contribution >= 4 is 21.6 Å². The Morgan fingerprint density at radius 2 is 1.79 bits per heavy atom. The third kappa shape index (κ3) is 4.44. The fraction of sp³-hybridized carbons (Fsp3) is 0.296. The molecule has 0 unspecified atom stereocenters. The fourth-order valence-electron chi connectivity index (χ4n) is 4.30. The van der Waals surface area contributed by atoms with E-state index in [1.807, 2.05) is 36.4 Å². The monoisotopic (exact) mass is 506 g/mol. The summed E-state index contributed by atoms with van der Waals surface area (Å²) < 4.78 is 18.7. The lowest BCUT2D eigenvalue weighted by Gasteiger charge is -2.38. The van der Waals surface area contributed by atoms with Crippen LogP contribution in [0.4, 0.5) is 0 Å². The Morgan fingerprint density at radius 3 is 2.52 bits per heavy atom. The third-order valence-electron chi connectivity index (χ3n) is 6.11. The van der Waals surface area contributed by atoms with Crippen molar-refractivity contribution < 1.29 is 14.2 Å². The molecule has 0 bridgehead atoms. The number of fused-ring (bicyclic) bond motifs is 3. The van der Waals surface area contributed by atoms with Crippen LogP contribution >= 0.6 is 15.9 Å².